The molecule has 1 rings (SSSR count). The maximum Gasteiger partial charge on any atom is 0.169 e. The molecule has 0 radical (unpaired) electrons. The minimum absolute atomic E-state index is 0.648. The zero-order valence-electron chi connectivity index (χ0n) is 8.45. The topological polar surface area (TPSA) is 56.8 Å². The summed E-state index contributed by atoms with van der Waals surface area (Å²) >= 11 is 5.17. The van der Waals surface area contributed by atoms with Gasteiger partial charge < -0.3 is 10.2 Å². The molecule has 0 spiro atoms. The van der Waals surface area contributed by atoms with Gasteiger partial charge in [-0.1, -0.05) is 6.92 Å². The molecule has 14 heavy (non-hydrogen) atoms. The van der Waals surface area contributed by atoms with E-state index in [0.29, 0.717) is 6.54 Å². The Hall–Kier alpha value is -1.17. The fraction of sp³-hybridized carbons (Fsp3) is 0.625. The van der Waals surface area contributed by atoms with Crippen molar-refractivity contribution >= 4 is 17.3 Å². The number of nitrogens with one attached hydrogen (secondary N) is 2. The van der Waals surface area contributed by atoms with Gasteiger partial charge in [0, 0.05) is 13.6 Å². The molecule has 5 nitrogen and oxygen atoms in total. The molecule has 6 heteroatoms. The molecule has 0 saturated heterocycles. The normalized spacial score (nSPS) is 9.86. The summed E-state index contributed by atoms with van der Waals surface area (Å²) in [6.07, 6.45) is 2.56. The van der Waals surface area contributed by atoms with Crippen molar-refractivity contribution in [2.75, 3.05) is 13.6 Å². The summed E-state index contributed by atoms with van der Waals surface area (Å²) in [7, 11) is 1.92. The molecule has 0 unspecified atom stereocenters. The van der Waals surface area contributed by atoms with E-state index in [2.05, 4.69) is 27.4 Å². The SMILES string of the molecule is CCCNC(=S)N(C)Cc1ncn[nH]1. The summed E-state index contributed by atoms with van der Waals surface area (Å²) in [4.78, 5) is 5.95. The third-order valence-electron chi connectivity index (χ3n) is 1.72. The summed E-state index contributed by atoms with van der Waals surface area (Å²) in [6.45, 7) is 3.65. The molecule has 78 valence electrons. The summed E-state index contributed by atoms with van der Waals surface area (Å²) in [5.41, 5.74) is 0. The first-order valence-corrected chi connectivity index (χ1v) is 4.98. The van der Waals surface area contributed by atoms with Crippen molar-refractivity contribution < 1.29 is 0 Å². The maximum atomic E-state index is 5.17. The first kappa shape index (κ1) is 10.9. The molecule has 0 amide bonds. The van der Waals surface area contributed by atoms with Crippen LogP contribution < -0.4 is 5.32 Å². The standard InChI is InChI=1S/C8H15N5S/c1-3-4-9-8(14)13(2)5-7-10-6-11-12-7/h6H,3-5H2,1-2H3,(H,9,14)(H,10,11,12). The third kappa shape index (κ3) is 3.29. The molecule has 1 aromatic heterocycles. The highest BCUT2D eigenvalue weighted by atomic mass is 32.1. The number of aromatic nitrogens is 3. The molecule has 0 saturated carbocycles. The Bertz CT molecular complexity index is 271. The van der Waals surface area contributed by atoms with Crippen molar-refractivity contribution in [2.45, 2.75) is 19.9 Å². The van der Waals surface area contributed by atoms with Gasteiger partial charge in [-0.15, -0.1) is 0 Å². The molecule has 1 heterocycles. The number of thiocarbonyl (C=S) groups is 1. The predicted octanol–water partition coefficient (Wildman–Crippen LogP) is 0.521. The lowest BCUT2D eigenvalue weighted by atomic mass is 10.5. The Kier molecular flexibility index (Phi) is 4.31. The van der Waals surface area contributed by atoms with Crippen LogP contribution in [0.1, 0.15) is 19.2 Å². The van der Waals surface area contributed by atoms with Gasteiger partial charge in [-0.05, 0) is 18.6 Å². The van der Waals surface area contributed by atoms with Gasteiger partial charge in [0.1, 0.15) is 12.2 Å². The lowest BCUT2D eigenvalue weighted by Gasteiger charge is -2.19. The molecule has 1 aromatic rings. The van der Waals surface area contributed by atoms with Crippen molar-refractivity contribution in [3.8, 4) is 0 Å². The van der Waals surface area contributed by atoms with E-state index < -0.39 is 0 Å². The first-order chi connectivity index (χ1) is 6.74. The van der Waals surface area contributed by atoms with Crippen LogP contribution in [-0.2, 0) is 6.54 Å². The second-order valence-corrected chi connectivity index (χ2v) is 3.41. The Morgan fingerprint density at radius 1 is 1.71 bits per heavy atom. The fourth-order valence-corrected chi connectivity index (χ4v) is 1.14. The van der Waals surface area contributed by atoms with Gasteiger partial charge >= 0.3 is 0 Å². The van der Waals surface area contributed by atoms with E-state index >= 15 is 0 Å². The van der Waals surface area contributed by atoms with Crippen molar-refractivity contribution in [2.24, 2.45) is 0 Å². The van der Waals surface area contributed by atoms with Crippen molar-refractivity contribution in [1.82, 2.24) is 25.4 Å². The van der Waals surface area contributed by atoms with Crippen LogP contribution in [0.5, 0.6) is 0 Å². The Morgan fingerprint density at radius 2 is 2.50 bits per heavy atom. The lowest BCUT2D eigenvalue weighted by molar-refractivity contribution is 0.474. The average molecular weight is 213 g/mol. The van der Waals surface area contributed by atoms with E-state index in [9.17, 15) is 0 Å². The second kappa shape index (κ2) is 5.54. The highest BCUT2D eigenvalue weighted by molar-refractivity contribution is 7.80. The van der Waals surface area contributed by atoms with E-state index in [1.165, 1.54) is 6.33 Å². The van der Waals surface area contributed by atoms with Crippen molar-refractivity contribution in [3.05, 3.63) is 12.2 Å². The van der Waals surface area contributed by atoms with E-state index in [1.54, 1.807) is 0 Å². The second-order valence-electron chi connectivity index (χ2n) is 3.02. The molecule has 0 aliphatic heterocycles. The Labute approximate surface area is 88.9 Å². The Balaban J connectivity index is 2.34. The summed E-state index contributed by atoms with van der Waals surface area (Å²) < 4.78 is 0. The van der Waals surface area contributed by atoms with Gasteiger partial charge in [0.2, 0.25) is 0 Å². The quantitative estimate of drug-likeness (QED) is 0.714. The molecular formula is C8H15N5S. The van der Waals surface area contributed by atoms with Crippen LogP contribution in [0.3, 0.4) is 0 Å². The fourth-order valence-electron chi connectivity index (χ4n) is 0.970. The van der Waals surface area contributed by atoms with E-state index in [0.717, 1.165) is 23.9 Å². The molecular weight excluding hydrogens is 198 g/mol. The number of nitrogens with zero attached hydrogens (tertiary/aromatic N) is 3. The number of hydrogen-bond donors (Lipinski definition) is 2. The van der Waals surface area contributed by atoms with Crippen LogP contribution in [0.25, 0.3) is 0 Å². The van der Waals surface area contributed by atoms with E-state index in [-0.39, 0.29) is 0 Å². The lowest BCUT2D eigenvalue weighted by Crippen LogP contribution is -2.37. The number of rotatable bonds is 4. The van der Waals surface area contributed by atoms with Gasteiger partial charge in [0.25, 0.3) is 0 Å². The monoisotopic (exact) mass is 213 g/mol. The largest absolute Gasteiger partial charge is 0.363 e. The van der Waals surface area contributed by atoms with Crippen LogP contribution in [0.4, 0.5) is 0 Å². The molecule has 0 aromatic carbocycles. The van der Waals surface area contributed by atoms with Gasteiger partial charge in [0.05, 0.1) is 6.54 Å². The zero-order chi connectivity index (χ0) is 10.4. The first-order valence-electron chi connectivity index (χ1n) is 4.57. The molecule has 2 N–H and O–H groups in total. The number of hydrogen-bond acceptors (Lipinski definition) is 3. The van der Waals surface area contributed by atoms with Gasteiger partial charge in [-0.2, -0.15) is 5.10 Å². The van der Waals surface area contributed by atoms with Crippen molar-refractivity contribution in [1.29, 1.82) is 0 Å². The minimum Gasteiger partial charge on any atom is -0.363 e. The molecule has 0 aliphatic rings. The van der Waals surface area contributed by atoms with Gasteiger partial charge in [-0.25, -0.2) is 4.98 Å². The highest BCUT2D eigenvalue weighted by Gasteiger charge is 2.05. The third-order valence-corrected chi connectivity index (χ3v) is 2.18. The predicted molar refractivity (Wildman–Crippen MR) is 58.7 cm³/mol. The smallest absolute Gasteiger partial charge is 0.169 e. The van der Waals surface area contributed by atoms with Crippen LogP contribution >= 0.6 is 12.2 Å². The highest BCUT2D eigenvalue weighted by Crippen LogP contribution is 1.94. The van der Waals surface area contributed by atoms with E-state index in [1.807, 2.05) is 11.9 Å². The number of H-pyrrole nitrogens is 1. The van der Waals surface area contributed by atoms with Gasteiger partial charge in [-0.3, -0.25) is 5.10 Å². The van der Waals surface area contributed by atoms with Gasteiger partial charge in [0.15, 0.2) is 5.11 Å². The molecule has 0 fully saturated rings. The molecule has 0 bridgehead atoms. The number of aromatic amines is 1. The summed E-state index contributed by atoms with van der Waals surface area (Å²) in [5, 5.41) is 10.4. The molecule has 0 aliphatic carbocycles. The van der Waals surface area contributed by atoms with Crippen LogP contribution in [-0.4, -0.2) is 38.8 Å². The maximum absolute atomic E-state index is 5.17. The zero-order valence-corrected chi connectivity index (χ0v) is 9.27. The average Bonchev–Trinajstić information content (AvgIpc) is 2.66. The van der Waals surface area contributed by atoms with Crippen LogP contribution in [0.2, 0.25) is 0 Å². The molecule has 0 atom stereocenters. The van der Waals surface area contributed by atoms with Crippen LogP contribution in [0.15, 0.2) is 6.33 Å². The minimum atomic E-state index is 0.648. The summed E-state index contributed by atoms with van der Waals surface area (Å²) in [5.74, 6) is 0.813. The van der Waals surface area contributed by atoms with Crippen molar-refractivity contribution in [3.63, 3.8) is 0 Å². The van der Waals surface area contributed by atoms with Crippen LogP contribution in [0, 0.1) is 0 Å². The Morgan fingerprint density at radius 3 is 3.07 bits per heavy atom. The van der Waals surface area contributed by atoms with E-state index in [4.69, 9.17) is 12.2 Å². The summed E-state index contributed by atoms with van der Waals surface area (Å²) in [6, 6.07) is 0.